The summed E-state index contributed by atoms with van der Waals surface area (Å²) in [6, 6.07) is 19.8. The Morgan fingerprint density at radius 1 is 0.936 bits per heavy atom. The molecule has 1 unspecified atom stereocenters. The van der Waals surface area contributed by atoms with Crippen molar-refractivity contribution >= 4 is 41.0 Å². The molecule has 4 aromatic rings. The molecule has 2 aromatic carbocycles. The number of hydrogen-bond donors (Lipinski definition) is 0. The summed E-state index contributed by atoms with van der Waals surface area (Å²) >= 11 is 6.43. The fourth-order valence-electron chi connectivity index (χ4n) is 6.50. The predicted octanol–water partition coefficient (Wildman–Crippen LogP) is 5.82. The number of amides is 1. The molecule has 2 aliphatic rings. The van der Waals surface area contributed by atoms with Gasteiger partial charge in [-0.3, -0.25) is 14.5 Å². The number of hydrogen-bond acceptors (Lipinski definition) is 10. The Bertz CT molecular complexity index is 1700. The molecule has 1 aliphatic carbocycles. The molecule has 2 fully saturated rings. The second kappa shape index (κ2) is 13.5. The van der Waals surface area contributed by atoms with Crippen LogP contribution < -0.4 is 24.2 Å². The molecule has 1 spiro atoms. The van der Waals surface area contributed by atoms with Crippen molar-refractivity contribution in [1.82, 2.24) is 19.9 Å². The van der Waals surface area contributed by atoms with Crippen LogP contribution in [0.5, 0.6) is 11.5 Å². The van der Waals surface area contributed by atoms with Crippen LogP contribution in [-0.4, -0.2) is 58.9 Å². The van der Waals surface area contributed by atoms with E-state index in [1.54, 1.807) is 20.4 Å². The number of β-lactam (4-membered cyclic amide) rings is 1. The number of carbonyl (C=O) groups is 2. The van der Waals surface area contributed by atoms with Crippen molar-refractivity contribution in [3.05, 3.63) is 88.8 Å². The molecule has 0 N–H and O–H groups in total. The van der Waals surface area contributed by atoms with Crippen molar-refractivity contribution in [1.29, 1.82) is 0 Å². The fourth-order valence-corrected chi connectivity index (χ4v) is 6.66. The van der Waals surface area contributed by atoms with Crippen molar-refractivity contribution in [2.45, 2.75) is 52.2 Å². The summed E-state index contributed by atoms with van der Waals surface area (Å²) in [7, 11) is 3.31. The number of benzene rings is 2. The molecule has 47 heavy (non-hydrogen) atoms. The van der Waals surface area contributed by atoms with E-state index in [0.717, 1.165) is 40.4 Å². The molecular formula is C35H38ClN7O4. The summed E-state index contributed by atoms with van der Waals surface area (Å²) in [6.07, 6.45) is 3.53. The van der Waals surface area contributed by atoms with Crippen molar-refractivity contribution < 1.29 is 19.1 Å². The van der Waals surface area contributed by atoms with Gasteiger partial charge < -0.3 is 19.3 Å². The topological polar surface area (TPSA) is 114 Å². The molecule has 2 atom stereocenters. The molecule has 244 valence electrons. The molecule has 1 saturated carbocycles. The zero-order chi connectivity index (χ0) is 33.1. The Labute approximate surface area is 279 Å². The van der Waals surface area contributed by atoms with Gasteiger partial charge in [0, 0.05) is 37.8 Å². The van der Waals surface area contributed by atoms with Gasteiger partial charge in [-0.25, -0.2) is 4.98 Å². The van der Waals surface area contributed by atoms with Gasteiger partial charge in [-0.1, -0.05) is 30.3 Å². The normalized spacial score (nSPS) is 17.9. The third-order valence-corrected chi connectivity index (χ3v) is 9.32. The van der Waals surface area contributed by atoms with Crippen molar-refractivity contribution in [3.63, 3.8) is 0 Å². The van der Waals surface area contributed by atoms with Crippen LogP contribution in [0.4, 0.5) is 17.7 Å². The Hall–Kier alpha value is -4.77. The highest BCUT2D eigenvalue weighted by Gasteiger charge is 2.60. The third-order valence-electron chi connectivity index (χ3n) is 9.15. The van der Waals surface area contributed by atoms with Crippen molar-refractivity contribution in [2.75, 3.05) is 42.0 Å². The maximum absolute atomic E-state index is 13.2. The lowest BCUT2D eigenvalue weighted by atomic mass is 9.76. The molecule has 3 heterocycles. The smallest absolute Gasteiger partial charge is 0.244 e. The minimum absolute atomic E-state index is 0.000810. The quantitative estimate of drug-likeness (QED) is 0.137. The number of nitrogens with zero attached hydrogens (tertiary/aromatic N) is 7. The van der Waals surface area contributed by atoms with E-state index in [0.29, 0.717) is 38.4 Å². The largest absolute Gasteiger partial charge is 0.497 e. The predicted molar refractivity (Wildman–Crippen MR) is 180 cm³/mol. The van der Waals surface area contributed by atoms with Crippen LogP contribution in [0.3, 0.4) is 0 Å². The average Bonchev–Trinajstić information content (AvgIpc) is 3.50. The summed E-state index contributed by atoms with van der Waals surface area (Å²) in [4.78, 5) is 49.8. The molecule has 1 saturated heterocycles. The minimum atomic E-state index is -0.932. The van der Waals surface area contributed by atoms with Gasteiger partial charge in [0.15, 0.2) is 0 Å². The highest BCUT2D eigenvalue weighted by atomic mass is 35.5. The first-order chi connectivity index (χ1) is 22.8. The first kappa shape index (κ1) is 32.2. The van der Waals surface area contributed by atoms with Gasteiger partial charge in [0.05, 0.1) is 26.8 Å². The van der Waals surface area contributed by atoms with Crippen molar-refractivity contribution in [2.24, 2.45) is 5.41 Å². The standard InChI is InChI=1S/C35H38ClN7O4/c1-5-42(33-38-32(36)39-34(40-33)43-22-35(31(43)45)18-6-9-29(35)44)23(2)28-8-7-19-37-30(28)41(20-24-10-14-26(46-3)15-11-24)21-25-12-16-27(47-4)17-13-25/h7-8,10-17,19,23H,5-6,9,18,20-22H2,1-4H3/t23-,35?/m1/s1. The van der Waals surface area contributed by atoms with Crippen LogP contribution >= 0.6 is 11.6 Å². The first-order valence-electron chi connectivity index (χ1n) is 15.8. The summed E-state index contributed by atoms with van der Waals surface area (Å²) < 4.78 is 10.8. The van der Waals surface area contributed by atoms with E-state index in [4.69, 9.17) is 31.0 Å². The number of aromatic nitrogens is 4. The molecular weight excluding hydrogens is 618 g/mol. The summed E-state index contributed by atoms with van der Waals surface area (Å²) in [5.74, 6) is 2.64. The van der Waals surface area contributed by atoms with E-state index in [1.165, 1.54) is 4.90 Å². The third kappa shape index (κ3) is 6.32. The van der Waals surface area contributed by atoms with Crippen LogP contribution in [0, 0.1) is 5.41 Å². The zero-order valence-electron chi connectivity index (χ0n) is 27.0. The molecule has 12 heteroatoms. The second-order valence-corrected chi connectivity index (χ2v) is 12.2. The average molecular weight is 656 g/mol. The van der Waals surface area contributed by atoms with E-state index in [9.17, 15) is 9.59 Å². The molecule has 1 amide bonds. The maximum Gasteiger partial charge on any atom is 0.244 e. The number of ether oxygens (including phenoxy) is 2. The van der Waals surface area contributed by atoms with Gasteiger partial charge in [-0.15, -0.1) is 0 Å². The lowest BCUT2D eigenvalue weighted by molar-refractivity contribution is -0.144. The SMILES string of the molecule is CCN(c1nc(Cl)nc(N2CC3(CCCC3=O)C2=O)n1)[C@H](C)c1cccnc1N(Cc1ccc(OC)cc1)Cc1ccc(OC)cc1. The number of halogens is 1. The number of carbonyl (C=O) groups excluding carboxylic acids is 2. The van der Waals surface area contributed by atoms with Crippen LogP contribution in [0.2, 0.25) is 5.28 Å². The lowest BCUT2D eigenvalue weighted by Gasteiger charge is -2.44. The highest BCUT2D eigenvalue weighted by molar-refractivity contribution is 6.28. The minimum Gasteiger partial charge on any atom is -0.497 e. The summed E-state index contributed by atoms with van der Waals surface area (Å²) in [5.41, 5.74) is 2.23. The van der Waals surface area contributed by atoms with Crippen LogP contribution in [-0.2, 0) is 22.7 Å². The molecule has 1 aliphatic heterocycles. The van der Waals surface area contributed by atoms with Gasteiger partial charge in [-0.05, 0) is 79.7 Å². The second-order valence-electron chi connectivity index (χ2n) is 11.9. The molecule has 2 aromatic heterocycles. The van der Waals surface area contributed by atoms with Gasteiger partial charge >= 0.3 is 0 Å². The number of ketones is 1. The maximum atomic E-state index is 13.2. The number of Topliss-reactive ketones (excluding diaryl/α,β-unsaturated/α-hetero) is 1. The van der Waals surface area contributed by atoms with E-state index >= 15 is 0 Å². The number of pyridine rings is 1. The Morgan fingerprint density at radius 3 is 2.11 bits per heavy atom. The van der Waals surface area contributed by atoms with Crippen LogP contribution in [0.25, 0.3) is 0 Å². The molecule has 0 bridgehead atoms. The van der Waals surface area contributed by atoms with Gasteiger partial charge in [0.25, 0.3) is 0 Å². The molecule has 11 nitrogen and oxygen atoms in total. The summed E-state index contributed by atoms with van der Waals surface area (Å²) in [5, 5.41) is -0.0193. The monoisotopic (exact) mass is 655 g/mol. The van der Waals surface area contributed by atoms with Crippen molar-refractivity contribution in [3.8, 4) is 11.5 Å². The number of anilines is 3. The van der Waals surface area contributed by atoms with Gasteiger partial charge in [0.2, 0.25) is 23.1 Å². The first-order valence-corrected chi connectivity index (χ1v) is 16.1. The van der Waals surface area contributed by atoms with Crippen LogP contribution in [0.1, 0.15) is 55.8 Å². The van der Waals surface area contributed by atoms with Gasteiger partial charge in [-0.2, -0.15) is 15.0 Å². The lowest BCUT2D eigenvalue weighted by Crippen LogP contribution is -2.64. The highest BCUT2D eigenvalue weighted by Crippen LogP contribution is 2.45. The number of methoxy groups -OCH3 is 2. The number of rotatable bonds is 12. The van der Waals surface area contributed by atoms with E-state index in [1.807, 2.05) is 42.2 Å². The van der Waals surface area contributed by atoms with E-state index in [-0.39, 0.29) is 35.5 Å². The van der Waals surface area contributed by atoms with Crippen LogP contribution in [0.15, 0.2) is 66.9 Å². The molecule has 6 rings (SSSR count). The fraction of sp³-hybridized carbons (Fsp3) is 0.371. The Balaban J connectivity index is 1.32. The van der Waals surface area contributed by atoms with E-state index in [2.05, 4.69) is 52.1 Å². The van der Waals surface area contributed by atoms with E-state index < -0.39 is 5.41 Å². The zero-order valence-corrected chi connectivity index (χ0v) is 27.8. The Kier molecular flexibility index (Phi) is 9.26. The summed E-state index contributed by atoms with van der Waals surface area (Å²) in [6.45, 7) is 6.09. The Morgan fingerprint density at radius 2 is 1.57 bits per heavy atom. The van der Waals surface area contributed by atoms with Gasteiger partial charge in [0.1, 0.15) is 28.5 Å². The molecule has 0 radical (unpaired) electrons.